The molecule has 2 aromatic carbocycles. The lowest BCUT2D eigenvalue weighted by Gasteiger charge is -2.34. The standard InChI is InChI=1S/C24H30FNO/c1-17-4-2-7-23-22(17)9-8-18(14-24(23)27)16-26-12-10-19(11-13-26)20-5-3-6-21(25)15-20/h2-7,15,18-19,24,27H,8-14,16H2,1H3/t18-,24-/m0/s1. The van der Waals surface area contributed by atoms with E-state index in [9.17, 15) is 9.50 Å². The van der Waals surface area contributed by atoms with E-state index in [0.717, 1.165) is 62.9 Å². The minimum atomic E-state index is -0.336. The number of benzene rings is 2. The molecule has 2 aromatic rings. The maximum absolute atomic E-state index is 13.5. The number of hydrogen-bond donors (Lipinski definition) is 1. The Balaban J connectivity index is 1.34. The first-order valence-electron chi connectivity index (χ1n) is 10.3. The molecule has 1 heterocycles. The fourth-order valence-electron chi connectivity index (χ4n) is 5.03. The largest absolute Gasteiger partial charge is 0.388 e. The zero-order valence-corrected chi connectivity index (χ0v) is 16.2. The van der Waals surface area contributed by atoms with Gasteiger partial charge in [-0.1, -0.05) is 30.3 Å². The predicted octanol–water partition coefficient (Wildman–Crippen LogP) is 5.00. The van der Waals surface area contributed by atoms with Crippen molar-refractivity contribution in [3.63, 3.8) is 0 Å². The molecule has 1 fully saturated rings. The molecule has 1 N–H and O–H groups in total. The molecule has 144 valence electrons. The molecule has 3 heteroatoms. The van der Waals surface area contributed by atoms with Crippen molar-refractivity contribution < 1.29 is 9.50 Å². The SMILES string of the molecule is Cc1cccc2c1CC[C@H](CN1CCC(c3cccc(F)c3)CC1)C[C@@H]2O. The minimum absolute atomic E-state index is 0.128. The maximum atomic E-state index is 13.5. The Kier molecular flexibility index (Phi) is 5.60. The van der Waals surface area contributed by atoms with E-state index in [1.807, 2.05) is 6.07 Å². The van der Waals surface area contributed by atoms with E-state index in [0.29, 0.717) is 11.8 Å². The molecule has 0 amide bonds. The summed E-state index contributed by atoms with van der Waals surface area (Å²) < 4.78 is 13.5. The van der Waals surface area contributed by atoms with E-state index in [1.165, 1.54) is 17.2 Å². The molecule has 27 heavy (non-hydrogen) atoms. The van der Waals surface area contributed by atoms with Crippen LogP contribution in [0.15, 0.2) is 42.5 Å². The summed E-state index contributed by atoms with van der Waals surface area (Å²) in [4.78, 5) is 2.55. The van der Waals surface area contributed by atoms with Crippen molar-refractivity contribution in [3.05, 3.63) is 70.5 Å². The van der Waals surface area contributed by atoms with Gasteiger partial charge in [0.1, 0.15) is 5.82 Å². The summed E-state index contributed by atoms with van der Waals surface area (Å²) in [6.45, 7) is 5.36. The van der Waals surface area contributed by atoms with Crippen molar-refractivity contribution in [1.82, 2.24) is 4.90 Å². The molecule has 0 unspecified atom stereocenters. The highest BCUT2D eigenvalue weighted by molar-refractivity contribution is 5.37. The smallest absolute Gasteiger partial charge is 0.123 e. The summed E-state index contributed by atoms with van der Waals surface area (Å²) >= 11 is 0. The first kappa shape index (κ1) is 18.6. The Morgan fingerprint density at radius 1 is 1.07 bits per heavy atom. The van der Waals surface area contributed by atoms with Gasteiger partial charge in [0.2, 0.25) is 0 Å². The van der Waals surface area contributed by atoms with Gasteiger partial charge >= 0.3 is 0 Å². The van der Waals surface area contributed by atoms with Gasteiger partial charge in [0.25, 0.3) is 0 Å². The van der Waals surface area contributed by atoms with Gasteiger partial charge in [-0.3, -0.25) is 0 Å². The number of aliphatic hydroxyl groups excluding tert-OH is 1. The third-order valence-corrected chi connectivity index (χ3v) is 6.59. The normalized spacial score (nSPS) is 24.4. The summed E-state index contributed by atoms with van der Waals surface area (Å²) in [7, 11) is 0. The van der Waals surface area contributed by atoms with Crippen LogP contribution in [0.1, 0.15) is 60.0 Å². The van der Waals surface area contributed by atoms with E-state index in [2.05, 4.69) is 36.1 Å². The predicted molar refractivity (Wildman–Crippen MR) is 107 cm³/mol. The van der Waals surface area contributed by atoms with Gasteiger partial charge in [0.05, 0.1) is 6.10 Å². The molecule has 0 bridgehead atoms. The highest BCUT2D eigenvalue weighted by atomic mass is 19.1. The van der Waals surface area contributed by atoms with Gasteiger partial charge in [-0.25, -0.2) is 4.39 Å². The summed E-state index contributed by atoms with van der Waals surface area (Å²) in [6.07, 6.45) is 4.94. The lowest BCUT2D eigenvalue weighted by atomic mass is 9.88. The summed E-state index contributed by atoms with van der Waals surface area (Å²) in [5.41, 5.74) is 4.95. The van der Waals surface area contributed by atoms with Crippen LogP contribution in [-0.2, 0) is 6.42 Å². The van der Waals surface area contributed by atoms with Gasteiger partial charge < -0.3 is 10.0 Å². The molecular weight excluding hydrogens is 337 g/mol. The third kappa shape index (κ3) is 4.25. The van der Waals surface area contributed by atoms with Crippen molar-refractivity contribution >= 4 is 0 Å². The molecule has 2 atom stereocenters. The molecular formula is C24H30FNO. The van der Waals surface area contributed by atoms with Crippen LogP contribution in [0.25, 0.3) is 0 Å². The summed E-state index contributed by atoms with van der Waals surface area (Å²) in [5, 5.41) is 10.7. The zero-order chi connectivity index (χ0) is 18.8. The Bertz CT molecular complexity index is 782. The molecule has 2 aliphatic rings. The number of aliphatic hydroxyl groups is 1. The Morgan fingerprint density at radius 2 is 1.85 bits per heavy atom. The number of rotatable bonds is 3. The third-order valence-electron chi connectivity index (χ3n) is 6.59. The number of fused-ring (bicyclic) bond motifs is 1. The van der Waals surface area contributed by atoms with Crippen LogP contribution < -0.4 is 0 Å². The van der Waals surface area contributed by atoms with Crippen molar-refractivity contribution in [3.8, 4) is 0 Å². The number of hydrogen-bond acceptors (Lipinski definition) is 2. The number of nitrogens with zero attached hydrogens (tertiary/aromatic N) is 1. The zero-order valence-electron chi connectivity index (χ0n) is 16.2. The van der Waals surface area contributed by atoms with Crippen LogP contribution in [0.4, 0.5) is 4.39 Å². The number of piperidine rings is 1. The molecule has 0 saturated carbocycles. The topological polar surface area (TPSA) is 23.5 Å². The van der Waals surface area contributed by atoms with Crippen LogP contribution in [-0.4, -0.2) is 29.6 Å². The van der Waals surface area contributed by atoms with E-state index in [1.54, 1.807) is 6.07 Å². The molecule has 0 radical (unpaired) electrons. The van der Waals surface area contributed by atoms with Gasteiger partial charge in [-0.15, -0.1) is 0 Å². The van der Waals surface area contributed by atoms with Gasteiger partial charge in [-0.2, -0.15) is 0 Å². The molecule has 1 aliphatic heterocycles. The maximum Gasteiger partial charge on any atom is 0.123 e. The second-order valence-electron chi connectivity index (χ2n) is 8.43. The molecule has 2 nitrogen and oxygen atoms in total. The molecule has 1 saturated heterocycles. The van der Waals surface area contributed by atoms with Crippen molar-refractivity contribution in [2.24, 2.45) is 5.92 Å². The van der Waals surface area contributed by atoms with E-state index in [-0.39, 0.29) is 11.9 Å². The molecule has 0 aromatic heterocycles. The second kappa shape index (κ2) is 8.12. The van der Waals surface area contributed by atoms with Crippen LogP contribution in [0.5, 0.6) is 0 Å². The second-order valence-corrected chi connectivity index (χ2v) is 8.43. The van der Waals surface area contributed by atoms with Crippen molar-refractivity contribution in [1.29, 1.82) is 0 Å². The van der Waals surface area contributed by atoms with Crippen LogP contribution >= 0.6 is 0 Å². The highest BCUT2D eigenvalue weighted by Gasteiger charge is 2.27. The first-order valence-corrected chi connectivity index (χ1v) is 10.3. The first-order chi connectivity index (χ1) is 13.1. The highest BCUT2D eigenvalue weighted by Crippen LogP contribution is 2.35. The van der Waals surface area contributed by atoms with Gasteiger partial charge in [0, 0.05) is 6.54 Å². The Hall–Kier alpha value is -1.71. The summed E-state index contributed by atoms with van der Waals surface area (Å²) in [6, 6.07) is 13.4. The number of halogens is 1. The molecule has 0 spiro atoms. The Labute approximate surface area is 162 Å². The van der Waals surface area contributed by atoms with E-state index < -0.39 is 0 Å². The van der Waals surface area contributed by atoms with Gasteiger partial charge in [-0.05, 0) is 98.3 Å². The van der Waals surface area contributed by atoms with Crippen LogP contribution in [0.2, 0.25) is 0 Å². The van der Waals surface area contributed by atoms with Crippen LogP contribution in [0.3, 0.4) is 0 Å². The van der Waals surface area contributed by atoms with E-state index in [4.69, 9.17) is 0 Å². The minimum Gasteiger partial charge on any atom is -0.388 e. The Morgan fingerprint density at radius 3 is 2.63 bits per heavy atom. The molecule has 1 aliphatic carbocycles. The van der Waals surface area contributed by atoms with Crippen molar-refractivity contribution in [2.75, 3.05) is 19.6 Å². The van der Waals surface area contributed by atoms with Crippen molar-refractivity contribution in [2.45, 2.75) is 51.0 Å². The average molecular weight is 368 g/mol. The number of aryl methyl sites for hydroxylation is 1. The van der Waals surface area contributed by atoms with Crippen LogP contribution in [0, 0.1) is 18.7 Å². The number of likely N-dealkylation sites (tertiary alicyclic amines) is 1. The fourth-order valence-corrected chi connectivity index (χ4v) is 5.03. The summed E-state index contributed by atoms with van der Waals surface area (Å²) in [5.74, 6) is 0.887. The van der Waals surface area contributed by atoms with E-state index >= 15 is 0 Å². The van der Waals surface area contributed by atoms with Gasteiger partial charge in [0.15, 0.2) is 0 Å². The lowest BCUT2D eigenvalue weighted by Crippen LogP contribution is -2.36. The monoisotopic (exact) mass is 367 g/mol. The molecule has 4 rings (SSSR count). The quantitative estimate of drug-likeness (QED) is 0.772. The average Bonchev–Trinajstić information content (AvgIpc) is 2.82. The lowest BCUT2D eigenvalue weighted by molar-refractivity contribution is 0.117. The fraction of sp³-hybridized carbons (Fsp3) is 0.500.